The van der Waals surface area contributed by atoms with Crippen molar-refractivity contribution < 1.29 is 47.0 Å². The van der Waals surface area contributed by atoms with Crippen molar-refractivity contribution in [3.63, 3.8) is 0 Å². The number of ether oxygens (including phenoxy) is 3. The fraction of sp³-hybridized carbons (Fsp3) is 0.250. The van der Waals surface area contributed by atoms with Gasteiger partial charge in [-0.05, 0) is 82.8 Å². The van der Waals surface area contributed by atoms with Crippen molar-refractivity contribution in [1.82, 2.24) is 5.32 Å². The van der Waals surface area contributed by atoms with Gasteiger partial charge >= 0.3 is 7.82 Å². The molecule has 1 atom stereocenters. The zero-order valence-electron chi connectivity index (χ0n) is 22.7. The standard InChI is InChI=1S/C28H30NO10P/c1-17-22(11-18-12-25(34-3)28(26(13-18)35-4)38-39-40(31,32)36-5)21-9-8-19(33-2)14-24(21)23(17)15-27(30)29-16-20-7-6-10-37-20/h6-14H,15-16H2,1-5H3,(H,29,30)(H,31,32). The largest absolute Gasteiger partial charge is 0.508 e. The molecule has 0 bridgehead atoms. The zero-order valence-corrected chi connectivity index (χ0v) is 23.6. The smallest absolute Gasteiger partial charge is 0.497 e. The van der Waals surface area contributed by atoms with E-state index in [2.05, 4.69) is 14.5 Å². The van der Waals surface area contributed by atoms with Crippen molar-refractivity contribution in [2.45, 2.75) is 19.9 Å². The number of phosphoric ester groups is 1. The van der Waals surface area contributed by atoms with Crippen molar-refractivity contribution in [3.05, 3.63) is 76.8 Å². The van der Waals surface area contributed by atoms with E-state index in [1.165, 1.54) is 14.2 Å². The lowest BCUT2D eigenvalue weighted by atomic mass is 10.00. The molecule has 1 amide bonds. The van der Waals surface area contributed by atoms with Crippen LogP contribution in [0.3, 0.4) is 0 Å². The molecule has 1 aliphatic rings. The maximum Gasteiger partial charge on any atom is 0.508 e. The molecule has 4 rings (SSSR count). The topological polar surface area (TPSA) is 135 Å². The summed E-state index contributed by atoms with van der Waals surface area (Å²) in [5.41, 5.74) is 5.16. The highest BCUT2D eigenvalue weighted by molar-refractivity contribution is 7.47. The quantitative estimate of drug-likeness (QED) is 0.165. The van der Waals surface area contributed by atoms with Gasteiger partial charge in [-0.2, -0.15) is 0 Å². The number of benzene rings is 2. The number of nitrogens with one attached hydrogen (secondary N) is 1. The summed E-state index contributed by atoms with van der Waals surface area (Å²) >= 11 is 0. The highest BCUT2D eigenvalue weighted by Gasteiger charge is 2.27. The van der Waals surface area contributed by atoms with Gasteiger partial charge in [0.15, 0.2) is 11.5 Å². The van der Waals surface area contributed by atoms with Crippen LogP contribution >= 0.6 is 7.82 Å². The monoisotopic (exact) mass is 571 g/mol. The predicted molar refractivity (Wildman–Crippen MR) is 147 cm³/mol. The van der Waals surface area contributed by atoms with Crippen molar-refractivity contribution in [3.8, 4) is 23.0 Å². The zero-order chi connectivity index (χ0) is 28.9. The number of hydrogen-bond donors (Lipinski definition) is 2. The lowest BCUT2D eigenvalue weighted by Gasteiger charge is -2.15. The first-order valence-electron chi connectivity index (χ1n) is 12.1. The molecule has 1 unspecified atom stereocenters. The molecule has 1 aromatic heterocycles. The molecule has 0 saturated carbocycles. The van der Waals surface area contributed by atoms with E-state index in [-0.39, 0.29) is 29.6 Å². The number of phosphoric acid groups is 1. The van der Waals surface area contributed by atoms with Crippen LogP contribution in [0.4, 0.5) is 0 Å². The second-order valence-electron chi connectivity index (χ2n) is 8.67. The third-order valence-corrected chi connectivity index (χ3v) is 7.04. The molecular formula is C28H30NO10P. The molecule has 1 aliphatic carbocycles. The Bertz CT molecular complexity index is 1470. The van der Waals surface area contributed by atoms with Gasteiger partial charge in [-0.3, -0.25) is 9.32 Å². The number of amides is 1. The molecular weight excluding hydrogens is 541 g/mol. The van der Waals surface area contributed by atoms with E-state index in [4.69, 9.17) is 23.5 Å². The normalized spacial score (nSPS) is 15.0. The van der Waals surface area contributed by atoms with Gasteiger partial charge in [0.05, 0.1) is 40.6 Å². The maximum absolute atomic E-state index is 12.9. The Labute approximate surface area is 231 Å². The molecule has 0 fully saturated rings. The molecule has 2 N–H and O–H groups in total. The Morgan fingerprint density at radius 1 is 1.02 bits per heavy atom. The molecule has 40 heavy (non-hydrogen) atoms. The predicted octanol–water partition coefficient (Wildman–Crippen LogP) is 5.40. The Morgan fingerprint density at radius 2 is 1.75 bits per heavy atom. The number of allylic oxidation sites excluding steroid dienone is 2. The average molecular weight is 572 g/mol. The first-order valence-corrected chi connectivity index (χ1v) is 13.6. The second-order valence-corrected chi connectivity index (χ2v) is 10.1. The molecule has 212 valence electrons. The SMILES string of the molecule is COc1ccc2c(c1)C(CC(=O)NCc1ccco1)=C(C)C2=Cc1cc(OC)c(OOP(=O)(O)OC)c(OC)c1. The maximum atomic E-state index is 12.9. The van der Waals surface area contributed by atoms with E-state index in [0.29, 0.717) is 23.6 Å². The van der Waals surface area contributed by atoms with Gasteiger partial charge in [0.25, 0.3) is 0 Å². The lowest BCUT2D eigenvalue weighted by Crippen LogP contribution is -2.22. The minimum Gasteiger partial charge on any atom is -0.497 e. The Morgan fingerprint density at radius 3 is 2.35 bits per heavy atom. The summed E-state index contributed by atoms with van der Waals surface area (Å²) in [4.78, 5) is 27.5. The fourth-order valence-electron chi connectivity index (χ4n) is 4.28. The number of hydrogen-bond acceptors (Lipinski definition) is 9. The van der Waals surface area contributed by atoms with Crippen molar-refractivity contribution in [2.24, 2.45) is 0 Å². The van der Waals surface area contributed by atoms with Gasteiger partial charge in [0.2, 0.25) is 11.7 Å². The molecule has 0 radical (unpaired) electrons. The number of methoxy groups -OCH3 is 3. The van der Waals surface area contributed by atoms with Gasteiger partial charge < -0.3 is 33.7 Å². The van der Waals surface area contributed by atoms with Crippen LogP contribution in [0.15, 0.2) is 58.7 Å². The molecule has 11 nitrogen and oxygen atoms in total. The van der Waals surface area contributed by atoms with E-state index in [0.717, 1.165) is 35.0 Å². The summed E-state index contributed by atoms with van der Waals surface area (Å²) in [6.45, 7) is 2.25. The summed E-state index contributed by atoms with van der Waals surface area (Å²) in [6, 6.07) is 12.6. The summed E-state index contributed by atoms with van der Waals surface area (Å²) in [5, 5.41) is 2.90. The molecule has 1 heterocycles. The number of carbonyl (C=O) groups excluding carboxylic acids is 1. The summed E-state index contributed by atoms with van der Waals surface area (Å²) in [6.07, 6.45) is 3.64. The molecule has 0 saturated heterocycles. The van der Waals surface area contributed by atoms with E-state index >= 15 is 0 Å². The molecule has 12 heteroatoms. The third-order valence-electron chi connectivity index (χ3n) is 6.32. The van der Waals surface area contributed by atoms with E-state index in [1.54, 1.807) is 37.6 Å². The van der Waals surface area contributed by atoms with Gasteiger partial charge in [-0.1, -0.05) is 10.7 Å². The Balaban J connectivity index is 1.70. The minimum atomic E-state index is -4.42. The van der Waals surface area contributed by atoms with Gasteiger partial charge in [-0.15, -0.1) is 0 Å². The molecule has 0 aliphatic heterocycles. The van der Waals surface area contributed by atoms with E-state index in [1.807, 2.05) is 31.2 Å². The van der Waals surface area contributed by atoms with Crippen LogP contribution in [-0.2, 0) is 25.1 Å². The highest BCUT2D eigenvalue weighted by Crippen LogP contribution is 2.48. The molecule has 2 aromatic carbocycles. The van der Waals surface area contributed by atoms with Crippen LogP contribution in [0.1, 0.15) is 35.8 Å². The molecule has 0 spiro atoms. The third kappa shape index (κ3) is 6.40. The van der Waals surface area contributed by atoms with Gasteiger partial charge in [0.1, 0.15) is 11.5 Å². The second kappa shape index (κ2) is 12.4. The van der Waals surface area contributed by atoms with Crippen molar-refractivity contribution in [2.75, 3.05) is 28.4 Å². The van der Waals surface area contributed by atoms with Crippen molar-refractivity contribution in [1.29, 1.82) is 0 Å². The van der Waals surface area contributed by atoms with Crippen LogP contribution in [0.25, 0.3) is 17.2 Å². The number of fused-ring (bicyclic) bond motifs is 1. The number of furan rings is 1. The first-order chi connectivity index (χ1) is 19.2. The molecule has 3 aromatic rings. The van der Waals surface area contributed by atoms with Crippen molar-refractivity contribution >= 4 is 31.0 Å². The van der Waals surface area contributed by atoms with Gasteiger partial charge in [-0.25, -0.2) is 4.57 Å². The summed E-state index contributed by atoms with van der Waals surface area (Å²) < 4.78 is 42.3. The average Bonchev–Trinajstić information content (AvgIpc) is 3.57. The minimum absolute atomic E-state index is 0.0452. The summed E-state index contributed by atoms with van der Waals surface area (Å²) in [7, 11) is 1.000. The highest BCUT2D eigenvalue weighted by atomic mass is 31.2. The Kier molecular flexibility index (Phi) is 9.01. The summed E-state index contributed by atoms with van der Waals surface area (Å²) in [5.74, 6) is 1.52. The number of rotatable bonds is 12. The van der Waals surface area contributed by atoms with E-state index in [9.17, 15) is 14.3 Å². The van der Waals surface area contributed by atoms with Crippen LogP contribution in [0, 0.1) is 0 Å². The van der Waals surface area contributed by atoms with Crippen LogP contribution in [-0.4, -0.2) is 39.2 Å². The van der Waals surface area contributed by atoms with Gasteiger partial charge in [0, 0.05) is 7.11 Å². The van der Waals surface area contributed by atoms with Crippen LogP contribution in [0.5, 0.6) is 23.0 Å². The van der Waals surface area contributed by atoms with E-state index < -0.39 is 7.82 Å². The van der Waals surface area contributed by atoms with Crippen LogP contribution < -0.4 is 24.4 Å². The number of carbonyl (C=O) groups is 1. The fourth-order valence-corrected chi connectivity index (χ4v) is 4.51. The lowest BCUT2D eigenvalue weighted by molar-refractivity contribution is -0.127. The Hall–Kier alpha value is -4.02. The van der Waals surface area contributed by atoms with Crippen LogP contribution in [0.2, 0.25) is 0 Å². The first kappa shape index (κ1) is 29.0.